The molecule has 0 bridgehead atoms. The molecule has 0 radical (unpaired) electrons. The van der Waals surface area contributed by atoms with E-state index in [1.54, 1.807) is 0 Å². The van der Waals surface area contributed by atoms with Gasteiger partial charge in [0.05, 0.1) is 11.1 Å². The molecule has 3 nitrogen and oxygen atoms in total. The summed E-state index contributed by atoms with van der Waals surface area (Å²) in [6.07, 6.45) is 3.07. The van der Waals surface area contributed by atoms with E-state index in [9.17, 15) is 4.79 Å². The number of carbonyl (C=O) groups is 1. The molecule has 1 amide bonds. The number of rotatable bonds is 3. The Labute approximate surface area is 107 Å². The molecule has 3 heteroatoms. The van der Waals surface area contributed by atoms with E-state index in [1.807, 2.05) is 30.5 Å². The van der Waals surface area contributed by atoms with Gasteiger partial charge >= 0.3 is 0 Å². The van der Waals surface area contributed by atoms with Crippen LogP contribution in [0, 0.1) is 11.3 Å². The Balaban J connectivity index is 1.74. The predicted octanol–water partition coefficient (Wildman–Crippen LogP) is 2.94. The zero-order valence-electron chi connectivity index (χ0n) is 10.8. The number of aromatic nitrogens is 1. The molecule has 0 aliphatic heterocycles. The van der Waals surface area contributed by atoms with Crippen LogP contribution in [0.25, 0.3) is 10.9 Å². The van der Waals surface area contributed by atoms with Crippen LogP contribution in [-0.4, -0.2) is 17.4 Å². The summed E-state index contributed by atoms with van der Waals surface area (Å²) < 4.78 is 0. The van der Waals surface area contributed by atoms with Gasteiger partial charge in [0.25, 0.3) is 5.91 Å². The number of para-hydroxylation sites is 1. The zero-order chi connectivity index (χ0) is 12.8. The van der Waals surface area contributed by atoms with Crippen molar-refractivity contribution in [2.24, 2.45) is 11.3 Å². The lowest BCUT2D eigenvalue weighted by Crippen LogP contribution is -2.26. The summed E-state index contributed by atoms with van der Waals surface area (Å²) >= 11 is 0. The van der Waals surface area contributed by atoms with Crippen LogP contribution in [-0.2, 0) is 0 Å². The van der Waals surface area contributed by atoms with E-state index >= 15 is 0 Å². The second kappa shape index (κ2) is 3.87. The van der Waals surface area contributed by atoms with Crippen molar-refractivity contribution in [2.45, 2.75) is 20.3 Å². The molecule has 3 rings (SSSR count). The van der Waals surface area contributed by atoms with E-state index in [4.69, 9.17) is 0 Å². The van der Waals surface area contributed by atoms with Crippen molar-refractivity contribution in [2.75, 3.05) is 6.54 Å². The molecule has 0 saturated heterocycles. The van der Waals surface area contributed by atoms with Crippen LogP contribution >= 0.6 is 0 Å². The van der Waals surface area contributed by atoms with Crippen LogP contribution in [0.15, 0.2) is 30.5 Å². The lowest BCUT2D eigenvalue weighted by molar-refractivity contribution is 0.0952. The summed E-state index contributed by atoms with van der Waals surface area (Å²) in [5.41, 5.74) is 2.06. The third-order valence-electron chi connectivity index (χ3n) is 4.06. The smallest absolute Gasteiger partial charge is 0.253 e. The summed E-state index contributed by atoms with van der Waals surface area (Å²) in [6.45, 7) is 5.27. The van der Waals surface area contributed by atoms with Gasteiger partial charge in [-0.05, 0) is 29.9 Å². The van der Waals surface area contributed by atoms with Crippen LogP contribution in [0.3, 0.4) is 0 Å². The normalized spacial score (nSPS) is 20.9. The molecule has 1 aromatic heterocycles. The van der Waals surface area contributed by atoms with Crippen molar-refractivity contribution in [1.82, 2.24) is 10.3 Å². The van der Waals surface area contributed by atoms with Crippen molar-refractivity contribution in [3.63, 3.8) is 0 Å². The Morgan fingerprint density at radius 1 is 1.44 bits per heavy atom. The molecule has 94 valence electrons. The number of fused-ring (bicyclic) bond motifs is 1. The first kappa shape index (κ1) is 11.3. The Morgan fingerprint density at radius 2 is 2.22 bits per heavy atom. The van der Waals surface area contributed by atoms with Gasteiger partial charge in [-0.3, -0.25) is 4.79 Å². The van der Waals surface area contributed by atoms with Gasteiger partial charge in [-0.1, -0.05) is 26.0 Å². The molecule has 1 aromatic carbocycles. The van der Waals surface area contributed by atoms with E-state index < -0.39 is 0 Å². The van der Waals surface area contributed by atoms with E-state index in [0.717, 1.165) is 23.0 Å². The number of aromatic amines is 1. The standard InChI is InChI=1S/C15H18N2O/c1-15(2)8-11(15)9-17-14(18)12-5-3-4-10-6-7-16-13(10)12/h3-7,11,16H,8-9H2,1-2H3,(H,17,18). The van der Waals surface area contributed by atoms with E-state index in [2.05, 4.69) is 24.1 Å². The molecule has 18 heavy (non-hydrogen) atoms. The van der Waals surface area contributed by atoms with Gasteiger partial charge in [-0.15, -0.1) is 0 Å². The monoisotopic (exact) mass is 242 g/mol. The number of benzene rings is 1. The molecular formula is C15H18N2O. The molecule has 2 N–H and O–H groups in total. The quantitative estimate of drug-likeness (QED) is 0.854. The van der Waals surface area contributed by atoms with Crippen LogP contribution in [0.5, 0.6) is 0 Å². The van der Waals surface area contributed by atoms with Crippen LogP contribution in [0.2, 0.25) is 0 Å². The van der Waals surface area contributed by atoms with Gasteiger partial charge in [-0.2, -0.15) is 0 Å². The number of hydrogen-bond acceptors (Lipinski definition) is 1. The topological polar surface area (TPSA) is 44.9 Å². The minimum atomic E-state index is 0.0192. The Morgan fingerprint density at radius 3 is 2.94 bits per heavy atom. The highest BCUT2D eigenvalue weighted by atomic mass is 16.1. The summed E-state index contributed by atoms with van der Waals surface area (Å²) in [5, 5.41) is 4.12. The molecule has 2 aromatic rings. The summed E-state index contributed by atoms with van der Waals surface area (Å²) in [7, 11) is 0. The average Bonchev–Trinajstić information content (AvgIpc) is 2.78. The zero-order valence-corrected chi connectivity index (χ0v) is 10.8. The van der Waals surface area contributed by atoms with E-state index in [-0.39, 0.29) is 5.91 Å². The number of amides is 1. The second-order valence-corrected chi connectivity index (χ2v) is 5.85. The van der Waals surface area contributed by atoms with Gasteiger partial charge in [0.2, 0.25) is 0 Å². The summed E-state index contributed by atoms with van der Waals surface area (Å²) in [6, 6.07) is 7.78. The highest BCUT2D eigenvalue weighted by Gasteiger charge is 2.45. The SMILES string of the molecule is CC1(C)CC1CNC(=O)c1cccc2cc[nH]c12. The largest absolute Gasteiger partial charge is 0.361 e. The fourth-order valence-electron chi connectivity index (χ4n) is 2.51. The average molecular weight is 242 g/mol. The second-order valence-electron chi connectivity index (χ2n) is 5.85. The van der Waals surface area contributed by atoms with E-state index in [1.165, 1.54) is 6.42 Å². The Hall–Kier alpha value is -1.77. The minimum absolute atomic E-state index is 0.0192. The molecular weight excluding hydrogens is 224 g/mol. The highest BCUT2D eigenvalue weighted by Crippen LogP contribution is 2.50. The van der Waals surface area contributed by atoms with Gasteiger partial charge in [0, 0.05) is 18.1 Å². The van der Waals surface area contributed by atoms with Gasteiger partial charge in [0.15, 0.2) is 0 Å². The Bertz CT molecular complexity index is 597. The maximum atomic E-state index is 12.2. The summed E-state index contributed by atoms with van der Waals surface area (Å²) in [5.74, 6) is 0.648. The first-order chi connectivity index (χ1) is 8.58. The van der Waals surface area contributed by atoms with Crippen LogP contribution < -0.4 is 5.32 Å². The molecule has 1 atom stereocenters. The fourth-order valence-corrected chi connectivity index (χ4v) is 2.51. The lowest BCUT2D eigenvalue weighted by Gasteiger charge is -2.07. The van der Waals surface area contributed by atoms with Crippen LogP contribution in [0.1, 0.15) is 30.6 Å². The molecule has 0 spiro atoms. The van der Waals surface area contributed by atoms with E-state index in [0.29, 0.717) is 11.3 Å². The molecule has 1 saturated carbocycles. The third kappa shape index (κ3) is 1.90. The molecule has 1 fully saturated rings. The van der Waals surface area contributed by atoms with Crippen molar-refractivity contribution < 1.29 is 4.79 Å². The predicted molar refractivity (Wildman–Crippen MR) is 72.5 cm³/mol. The minimum Gasteiger partial charge on any atom is -0.361 e. The fraction of sp³-hybridized carbons (Fsp3) is 0.400. The number of carbonyl (C=O) groups excluding carboxylic acids is 1. The molecule has 1 aliphatic carbocycles. The van der Waals surface area contributed by atoms with Crippen molar-refractivity contribution in [3.8, 4) is 0 Å². The third-order valence-corrected chi connectivity index (χ3v) is 4.06. The molecule has 1 heterocycles. The van der Waals surface area contributed by atoms with Gasteiger partial charge in [-0.25, -0.2) is 0 Å². The maximum absolute atomic E-state index is 12.2. The number of H-pyrrole nitrogens is 1. The molecule has 1 unspecified atom stereocenters. The Kier molecular flexibility index (Phi) is 2.44. The highest BCUT2D eigenvalue weighted by molar-refractivity contribution is 6.05. The van der Waals surface area contributed by atoms with Gasteiger partial charge in [0.1, 0.15) is 0 Å². The van der Waals surface area contributed by atoms with Gasteiger partial charge < -0.3 is 10.3 Å². The summed E-state index contributed by atoms with van der Waals surface area (Å²) in [4.78, 5) is 15.3. The molecule has 1 aliphatic rings. The van der Waals surface area contributed by atoms with Crippen molar-refractivity contribution in [3.05, 3.63) is 36.0 Å². The number of nitrogens with one attached hydrogen (secondary N) is 2. The first-order valence-electron chi connectivity index (χ1n) is 6.42. The number of hydrogen-bond donors (Lipinski definition) is 2. The van der Waals surface area contributed by atoms with Crippen molar-refractivity contribution in [1.29, 1.82) is 0 Å². The van der Waals surface area contributed by atoms with Crippen molar-refractivity contribution >= 4 is 16.8 Å². The van der Waals surface area contributed by atoms with Crippen LogP contribution in [0.4, 0.5) is 0 Å². The first-order valence-corrected chi connectivity index (χ1v) is 6.42. The maximum Gasteiger partial charge on any atom is 0.253 e. The lowest BCUT2D eigenvalue weighted by atomic mass is 10.1.